The summed E-state index contributed by atoms with van der Waals surface area (Å²) < 4.78 is 0. The van der Waals surface area contributed by atoms with E-state index in [9.17, 15) is 14.4 Å². The Morgan fingerprint density at radius 2 is 0.615 bits per heavy atom. The van der Waals surface area contributed by atoms with Crippen LogP contribution in [0.5, 0.6) is 0 Å². The van der Waals surface area contributed by atoms with Gasteiger partial charge in [0.1, 0.15) is 12.2 Å². The molecule has 0 aliphatic carbocycles. The van der Waals surface area contributed by atoms with Gasteiger partial charge in [-0.25, -0.2) is 14.4 Å². The minimum Gasteiger partial charge on any atom is -0.478 e. The first kappa shape index (κ1) is 37.0. The molecule has 0 heterocycles. The minimum atomic E-state index is -0.954. The molecule has 0 radical (unpaired) electrons. The van der Waals surface area contributed by atoms with Gasteiger partial charge in [-0.3, -0.25) is 0 Å². The van der Waals surface area contributed by atoms with Crippen molar-refractivity contribution in [3.05, 3.63) is 108 Å². The topological polar surface area (TPSA) is 233 Å². The fourth-order valence-corrected chi connectivity index (χ4v) is 1.86. The monoisotopic (exact) mass is 550 g/mol. The summed E-state index contributed by atoms with van der Waals surface area (Å²) in [6.07, 6.45) is -1.91. The molecule has 39 heavy (non-hydrogen) atoms. The van der Waals surface area contributed by atoms with Crippen molar-refractivity contribution in [2.45, 2.75) is 12.2 Å². The molecule has 3 aromatic carbocycles. The molecule has 0 unspecified atom stereocenters. The van der Waals surface area contributed by atoms with Crippen molar-refractivity contribution in [3.8, 4) is 0 Å². The molecule has 0 fully saturated rings. The van der Waals surface area contributed by atoms with Crippen molar-refractivity contribution >= 4 is 17.9 Å². The molecular weight excluding hydrogens is 516 g/mol. The van der Waals surface area contributed by atoms with Gasteiger partial charge in [0.25, 0.3) is 0 Å². The second kappa shape index (κ2) is 24.2. The summed E-state index contributed by atoms with van der Waals surface area (Å²) >= 11 is 0. The number of carboxylic acid groups (broad SMARTS) is 3. The zero-order chi connectivity index (χ0) is 30.1. The van der Waals surface area contributed by atoms with Crippen LogP contribution in [0.25, 0.3) is 0 Å². The van der Waals surface area contributed by atoms with Crippen molar-refractivity contribution < 1.29 is 60.3 Å². The van der Waals surface area contributed by atoms with Gasteiger partial charge in [-0.2, -0.15) is 0 Å². The van der Waals surface area contributed by atoms with Gasteiger partial charge in [-0.15, -0.1) is 0 Å². The standard InChI is InChI=1S/3C7H6O2.2C3H8O3/c3*8-7(9)6-4-2-1-3-5-6;2*4-1-3(6)2-5/h3*1-5H,(H,8,9);2*3-6H,1-2H2. The third kappa shape index (κ3) is 21.6. The lowest BCUT2D eigenvalue weighted by atomic mass is 10.2. The predicted octanol–water partition coefficient (Wildman–Crippen LogP) is 0.818. The van der Waals surface area contributed by atoms with E-state index in [1.54, 1.807) is 91.0 Å². The summed E-state index contributed by atoms with van der Waals surface area (Å²) in [6, 6.07) is 24.9. The highest BCUT2D eigenvalue weighted by molar-refractivity contribution is 5.88. The fourth-order valence-electron chi connectivity index (χ4n) is 1.86. The first-order chi connectivity index (χ1) is 18.5. The zero-order valence-electron chi connectivity index (χ0n) is 20.9. The van der Waals surface area contributed by atoms with Crippen molar-refractivity contribution in [1.29, 1.82) is 0 Å². The number of aromatic carboxylic acids is 3. The van der Waals surface area contributed by atoms with Crippen LogP contribution in [-0.4, -0.2) is 103 Å². The van der Waals surface area contributed by atoms with E-state index in [1.807, 2.05) is 0 Å². The Hall–Kier alpha value is -4.17. The number of aliphatic hydroxyl groups is 6. The van der Waals surface area contributed by atoms with Crippen molar-refractivity contribution in [3.63, 3.8) is 0 Å². The van der Waals surface area contributed by atoms with E-state index in [4.69, 9.17) is 46.0 Å². The first-order valence-corrected chi connectivity index (χ1v) is 11.2. The number of aliphatic hydroxyl groups excluding tert-OH is 6. The third-order valence-corrected chi connectivity index (χ3v) is 3.91. The Kier molecular flexibility index (Phi) is 22.9. The van der Waals surface area contributed by atoms with Gasteiger partial charge in [0, 0.05) is 0 Å². The molecule has 0 saturated heterocycles. The normalized spacial score (nSPS) is 9.23. The zero-order valence-corrected chi connectivity index (χ0v) is 20.9. The summed E-state index contributed by atoms with van der Waals surface area (Å²) in [5.41, 5.74) is 0.993. The largest absolute Gasteiger partial charge is 0.478 e. The molecule has 9 N–H and O–H groups in total. The molecule has 214 valence electrons. The lowest BCUT2D eigenvalue weighted by Crippen LogP contribution is -2.15. The average Bonchev–Trinajstić information content (AvgIpc) is 2.98. The Morgan fingerprint density at radius 3 is 0.692 bits per heavy atom. The molecule has 3 aromatic rings. The quantitative estimate of drug-likeness (QED) is 0.199. The lowest BCUT2D eigenvalue weighted by molar-refractivity contribution is 0.0450. The molecule has 0 saturated carbocycles. The molecule has 0 bridgehead atoms. The summed E-state index contributed by atoms with van der Waals surface area (Å²) in [4.78, 5) is 30.6. The van der Waals surface area contributed by atoms with Gasteiger partial charge in [0.2, 0.25) is 0 Å². The summed E-state index contributed by atoms with van der Waals surface area (Å²) in [5.74, 6) is -2.64. The van der Waals surface area contributed by atoms with E-state index in [-0.39, 0.29) is 26.4 Å². The molecule has 0 aliphatic heterocycles. The Labute approximate surface area is 224 Å². The Morgan fingerprint density at radius 1 is 0.436 bits per heavy atom. The van der Waals surface area contributed by atoms with E-state index in [1.165, 1.54) is 0 Å². The van der Waals surface area contributed by atoms with Crippen molar-refractivity contribution in [1.82, 2.24) is 0 Å². The van der Waals surface area contributed by atoms with Gasteiger partial charge in [0.05, 0.1) is 43.1 Å². The lowest BCUT2D eigenvalue weighted by Gasteiger charge is -1.96. The van der Waals surface area contributed by atoms with Gasteiger partial charge >= 0.3 is 17.9 Å². The molecule has 3 rings (SSSR count). The first-order valence-electron chi connectivity index (χ1n) is 11.2. The Balaban J connectivity index is 0. The van der Waals surface area contributed by atoms with Crippen molar-refractivity contribution in [2.75, 3.05) is 26.4 Å². The van der Waals surface area contributed by atoms with E-state index in [0.29, 0.717) is 16.7 Å². The SMILES string of the molecule is O=C(O)c1ccccc1.O=C(O)c1ccccc1.O=C(O)c1ccccc1.OCC(O)CO.OCC(O)CO. The van der Waals surface area contributed by atoms with Gasteiger partial charge in [-0.05, 0) is 36.4 Å². The second-order valence-electron chi connectivity index (χ2n) is 7.05. The van der Waals surface area contributed by atoms with E-state index >= 15 is 0 Å². The number of benzene rings is 3. The number of rotatable bonds is 7. The smallest absolute Gasteiger partial charge is 0.335 e. The minimum absolute atomic E-state index is 0.331. The van der Waals surface area contributed by atoms with Crippen LogP contribution in [0, 0.1) is 0 Å². The molecule has 0 atom stereocenters. The van der Waals surface area contributed by atoms with Crippen LogP contribution < -0.4 is 0 Å². The number of carbonyl (C=O) groups is 3. The maximum Gasteiger partial charge on any atom is 0.335 e. The molecule has 12 heteroatoms. The predicted molar refractivity (Wildman–Crippen MR) is 141 cm³/mol. The van der Waals surface area contributed by atoms with Crippen molar-refractivity contribution in [2.24, 2.45) is 0 Å². The molecule has 0 spiro atoms. The highest BCUT2D eigenvalue weighted by Crippen LogP contribution is 1.97. The van der Waals surface area contributed by atoms with Gasteiger partial charge < -0.3 is 46.0 Å². The fraction of sp³-hybridized carbons (Fsp3) is 0.222. The van der Waals surface area contributed by atoms with Gasteiger partial charge in [-0.1, -0.05) is 54.6 Å². The molecule has 0 aromatic heterocycles. The molecule has 12 nitrogen and oxygen atoms in total. The number of hydrogen-bond acceptors (Lipinski definition) is 9. The highest BCUT2D eigenvalue weighted by Gasteiger charge is 1.98. The molecule has 0 amide bonds. The molecule has 0 aliphatic rings. The maximum atomic E-state index is 10.2. The van der Waals surface area contributed by atoms with Crippen LogP contribution in [0.1, 0.15) is 31.1 Å². The highest BCUT2D eigenvalue weighted by atomic mass is 16.4. The average molecular weight is 551 g/mol. The van der Waals surface area contributed by atoms with E-state index in [0.717, 1.165) is 0 Å². The van der Waals surface area contributed by atoms with E-state index < -0.39 is 30.1 Å². The number of carboxylic acids is 3. The van der Waals surface area contributed by atoms with Crippen LogP contribution in [0.2, 0.25) is 0 Å². The van der Waals surface area contributed by atoms with Crippen LogP contribution in [-0.2, 0) is 0 Å². The van der Waals surface area contributed by atoms with Crippen LogP contribution in [0.15, 0.2) is 91.0 Å². The third-order valence-electron chi connectivity index (χ3n) is 3.91. The summed E-state index contributed by atoms with van der Waals surface area (Å²) in [6.45, 7) is -1.46. The van der Waals surface area contributed by atoms with Crippen LogP contribution >= 0.6 is 0 Å². The summed E-state index contributed by atoms with van der Waals surface area (Å²) in [5, 5.41) is 73.2. The van der Waals surface area contributed by atoms with E-state index in [2.05, 4.69) is 0 Å². The van der Waals surface area contributed by atoms with Crippen LogP contribution in [0.4, 0.5) is 0 Å². The summed E-state index contributed by atoms with van der Waals surface area (Å²) in [7, 11) is 0. The molecular formula is C27H34O12. The number of hydrogen-bond donors (Lipinski definition) is 9. The van der Waals surface area contributed by atoms with Crippen LogP contribution in [0.3, 0.4) is 0 Å². The van der Waals surface area contributed by atoms with Gasteiger partial charge in [0.15, 0.2) is 0 Å². The second-order valence-corrected chi connectivity index (χ2v) is 7.05. The maximum absolute atomic E-state index is 10.2. The Bertz CT molecular complexity index is 879.